The first-order valence-electron chi connectivity index (χ1n) is 8.62. The zero-order valence-electron chi connectivity index (χ0n) is 14.0. The number of hydrogen-bond donors (Lipinski definition) is 0. The van der Waals surface area contributed by atoms with Gasteiger partial charge in [0.25, 0.3) is 0 Å². The number of carbonyl (C=O) groups is 1. The Morgan fingerprint density at radius 2 is 1.92 bits per heavy atom. The molecule has 0 saturated carbocycles. The summed E-state index contributed by atoms with van der Waals surface area (Å²) in [5.41, 5.74) is 2.34. The van der Waals surface area contributed by atoms with Crippen molar-refractivity contribution in [3.05, 3.63) is 59.7 Å². The van der Waals surface area contributed by atoms with Gasteiger partial charge in [0, 0.05) is 24.1 Å². The first-order chi connectivity index (χ1) is 12.3. The van der Waals surface area contributed by atoms with Crippen molar-refractivity contribution in [2.24, 2.45) is 0 Å². The van der Waals surface area contributed by atoms with Crippen molar-refractivity contribution >= 4 is 17.7 Å². The zero-order valence-corrected chi connectivity index (χ0v) is 14.8. The van der Waals surface area contributed by atoms with Crippen LogP contribution in [0.25, 0.3) is 0 Å². The van der Waals surface area contributed by atoms with Crippen LogP contribution in [0.1, 0.15) is 22.8 Å². The van der Waals surface area contributed by atoms with Crippen LogP contribution >= 0.6 is 11.8 Å². The minimum atomic E-state index is 0.220. The van der Waals surface area contributed by atoms with Crippen molar-refractivity contribution < 1.29 is 14.3 Å². The van der Waals surface area contributed by atoms with E-state index in [-0.39, 0.29) is 5.91 Å². The third-order valence-corrected chi connectivity index (χ3v) is 5.99. The van der Waals surface area contributed by atoms with E-state index in [1.54, 1.807) is 0 Å². The van der Waals surface area contributed by atoms with Crippen molar-refractivity contribution in [2.45, 2.75) is 18.1 Å². The minimum absolute atomic E-state index is 0.220. The van der Waals surface area contributed by atoms with E-state index < -0.39 is 0 Å². The molecular formula is C20H21NO3S. The van der Waals surface area contributed by atoms with Crippen molar-refractivity contribution in [3.8, 4) is 11.5 Å². The van der Waals surface area contributed by atoms with Gasteiger partial charge in [0.15, 0.2) is 11.5 Å². The van der Waals surface area contributed by atoms with Crippen molar-refractivity contribution in [1.82, 2.24) is 4.90 Å². The molecule has 0 bridgehead atoms. The first kappa shape index (κ1) is 16.3. The molecule has 0 N–H and O–H groups in total. The predicted molar refractivity (Wildman–Crippen MR) is 99.1 cm³/mol. The van der Waals surface area contributed by atoms with E-state index in [4.69, 9.17) is 9.47 Å². The number of hydrogen-bond acceptors (Lipinski definition) is 4. The lowest BCUT2D eigenvalue weighted by Crippen LogP contribution is -2.34. The Morgan fingerprint density at radius 3 is 2.80 bits per heavy atom. The lowest BCUT2D eigenvalue weighted by molar-refractivity contribution is -0.130. The molecule has 2 aromatic rings. The van der Waals surface area contributed by atoms with Gasteiger partial charge in [0.05, 0.1) is 6.42 Å². The number of rotatable bonds is 3. The van der Waals surface area contributed by atoms with Gasteiger partial charge in [-0.3, -0.25) is 4.79 Å². The third-order valence-electron chi connectivity index (χ3n) is 4.66. The smallest absolute Gasteiger partial charge is 0.231 e. The average molecular weight is 355 g/mol. The molecule has 1 fully saturated rings. The van der Waals surface area contributed by atoms with E-state index in [0.29, 0.717) is 18.5 Å². The standard InChI is InChI=1S/C20H21NO3S/c22-20(12-15-4-2-1-3-5-15)21-9-8-19(25-11-10-21)16-6-7-17-18(13-16)24-14-23-17/h1-7,13,19H,8-12,14H2. The number of fused-ring (bicyclic) bond motifs is 1. The largest absolute Gasteiger partial charge is 0.454 e. The van der Waals surface area contributed by atoms with Crippen LogP contribution in [0.2, 0.25) is 0 Å². The molecule has 1 atom stereocenters. The lowest BCUT2D eigenvalue weighted by Gasteiger charge is -2.20. The normalized spacial score (nSPS) is 19.5. The van der Waals surface area contributed by atoms with Crippen LogP contribution in [0, 0.1) is 0 Å². The minimum Gasteiger partial charge on any atom is -0.454 e. The number of benzene rings is 2. The fourth-order valence-corrected chi connectivity index (χ4v) is 4.50. The van der Waals surface area contributed by atoms with Crippen LogP contribution in [0.5, 0.6) is 11.5 Å². The highest BCUT2D eigenvalue weighted by atomic mass is 32.2. The molecule has 5 heteroatoms. The van der Waals surface area contributed by atoms with Gasteiger partial charge >= 0.3 is 0 Å². The molecule has 0 aliphatic carbocycles. The molecule has 2 aliphatic heterocycles. The summed E-state index contributed by atoms with van der Waals surface area (Å²) >= 11 is 1.92. The highest BCUT2D eigenvalue weighted by molar-refractivity contribution is 7.99. The summed E-state index contributed by atoms with van der Waals surface area (Å²) in [5, 5.41) is 0.393. The Bertz CT molecular complexity index is 750. The monoisotopic (exact) mass is 355 g/mol. The van der Waals surface area contributed by atoms with Crippen LogP contribution in [-0.2, 0) is 11.2 Å². The Labute approximate surface area is 152 Å². The molecule has 0 aromatic heterocycles. The maximum atomic E-state index is 12.6. The Morgan fingerprint density at radius 1 is 1.08 bits per heavy atom. The molecule has 25 heavy (non-hydrogen) atoms. The predicted octanol–water partition coefficient (Wildman–Crippen LogP) is 3.66. The van der Waals surface area contributed by atoms with Gasteiger partial charge in [-0.05, 0) is 29.7 Å². The zero-order chi connectivity index (χ0) is 17.1. The highest BCUT2D eigenvalue weighted by Gasteiger charge is 2.24. The third kappa shape index (κ3) is 3.76. The molecule has 4 nitrogen and oxygen atoms in total. The Balaban J connectivity index is 1.39. The van der Waals surface area contributed by atoms with Gasteiger partial charge in [-0.1, -0.05) is 36.4 Å². The number of nitrogens with zero attached hydrogens (tertiary/aromatic N) is 1. The summed E-state index contributed by atoms with van der Waals surface area (Å²) in [5.74, 6) is 2.83. The maximum Gasteiger partial charge on any atom is 0.231 e. The van der Waals surface area contributed by atoms with Gasteiger partial charge in [-0.2, -0.15) is 11.8 Å². The van der Waals surface area contributed by atoms with Gasteiger partial charge in [0.1, 0.15) is 0 Å². The van der Waals surface area contributed by atoms with E-state index in [1.807, 2.05) is 53.1 Å². The molecule has 1 saturated heterocycles. The van der Waals surface area contributed by atoms with Crippen LogP contribution in [0.3, 0.4) is 0 Å². The van der Waals surface area contributed by atoms with Crippen LogP contribution in [0.4, 0.5) is 0 Å². The fraction of sp³-hybridized carbons (Fsp3) is 0.350. The number of carbonyl (C=O) groups excluding carboxylic acids is 1. The first-order valence-corrected chi connectivity index (χ1v) is 9.67. The van der Waals surface area contributed by atoms with Crippen LogP contribution in [0.15, 0.2) is 48.5 Å². The van der Waals surface area contributed by atoms with Crippen LogP contribution in [-0.4, -0.2) is 36.4 Å². The summed E-state index contributed by atoms with van der Waals surface area (Å²) < 4.78 is 10.9. The Hall–Kier alpha value is -2.14. The SMILES string of the molecule is O=C(Cc1ccccc1)N1CCSC(c2ccc3c(c2)OCO3)CC1. The molecule has 2 aromatic carbocycles. The van der Waals surface area contributed by atoms with E-state index in [9.17, 15) is 4.79 Å². The molecule has 4 rings (SSSR count). The molecule has 1 amide bonds. The number of amides is 1. The second kappa shape index (κ2) is 7.40. The molecule has 2 aliphatic rings. The molecule has 0 spiro atoms. The lowest BCUT2D eigenvalue weighted by atomic mass is 10.1. The second-order valence-electron chi connectivity index (χ2n) is 6.30. The maximum absolute atomic E-state index is 12.6. The van der Waals surface area contributed by atoms with E-state index in [0.717, 1.165) is 42.3 Å². The van der Waals surface area contributed by atoms with Gasteiger partial charge in [-0.25, -0.2) is 0 Å². The molecule has 1 unspecified atom stereocenters. The summed E-state index contributed by atoms with van der Waals surface area (Å²) in [6, 6.07) is 16.2. The van der Waals surface area contributed by atoms with Crippen molar-refractivity contribution in [3.63, 3.8) is 0 Å². The summed E-state index contributed by atoms with van der Waals surface area (Å²) in [6.45, 7) is 1.92. The van der Waals surface area contributed by atoms with Gasteiger partial charge < -0.3 is 14.4 Å². The fourth-order valence-electron chi connectivity index (χ4n) is 3.28. The summed E-state index contributed by atoms with van der Waals surface area (Å²) in [4.78, 5) is 14.6. The van der Waals surface area contributed by atoms with Gasteiger partial charge in [0.2, 0.25) is 12.7 Å². The topological polar surface area (TPSA) is 38.8 Å². The summed E-state index contributed by atoms with van der Waals surface area (Å²) in [6.07, 6.45) is 1.45. The molecule has 0 radical (unpaired) electrons. The second-order valence-corrected chi connectivity index (χ2v) is 7.61. The van der Waals surface area contributed by atoms with Crippen molar-refractivity contribution in [2.75, 3.05) is 25.6 Å². The van der Waals surface area contributed by atoms with E-state index in [1.165, 1.54) is 5.56 Å². The quantitative estimate of drug-likeness (QED) is 0.842. The molecule has 2 heterocycles. The summed E-state index contributed by atoms with van der Waals surface area (Å²) in [7, 11) is 0. The Kier molecular flexibility index (Phi) is 4.83. The molecular weight excluding hydrogens is 334 g/mol. The van der Waals surface area contributed by atoms with E-state index >= 15 is 0 Å². The van der Waals surface area contributed by atoms with Gasteiger partial charge in [-0.15, -0.1) is 0 Å². The van der Waals surface area contributed by atoms with Crippen LogP contribution < -0.4 is 9.47 Å². The van der Waals surface area contributed by atoms with Crippen molar-refractivity contribution in [1.29, 1.82) is 0 Å². The molecule has 130 valence electrons. The highest BCUT2D eigenvalue weighted by Crippen LogP contribution is 2.40. The van der Waals surface area contributed by atoms with E-state index in [2.05, 4.69) is 12.1 Å². The number of thioether (sulfide) groups is 1. The number of ether oxygens (including phenoxy) is 2. The average Bonchev–Trinajstić information content (AvgIpc) is 2.97.